The number of amides is 1. The predicted octanol–water partition coefficient (Wildman–Crippen LogP) is 6.86. The molecule has 4 rings (SSSR count). The van der Waals surface area contributed by atoms with Crippen LogP contribution in [0.15, 0.2) is 77.7 Å². The summed E-state index contributed by atoms with van der Waals surface area (Å²) >= 11 is 7.67. The number of nitrogens with one attached hydrogen (secondary N) is 2. The molecule has 0 fully saturated rings. The van der Waals surface area contributed by atoms with Gasteiger partial charge in [-0.25, -0.2) is 0 Å². The van der Waals surface area contributed by atoms with Crippen molar-refractivity contribution in [3.63, 3.8) is 0 Å². The molecule has 170 valence electrons. The molecule has 4 nitrogen and oxygen atoms in total. The summed E-state index contributed by atoms with van der Waals surface area (Å²) < 4.78 is 5.88. The van der Waals surface area contributed by atoms with E-state index in [9.17, 15) is 4.79 Å². The lowest BCUT2D eigenvalue weighted by Crippen LogP contribution is -2.47. The minimum absolute atomic E-state index is 0.157. The molecule has 33 heavy (non-hydrogen) atoms. The maximum absolute atomic E-state index is 12.8. The molecule has 0 radical (unpaired) electrons. The number of para-hydroxylation sites is 1. The van der Waals surface area contributed by atoms with Gasteiger partial charge >= 0.3 is 0 Å². The highest BCUT2D eigenvalue weighted by atomic mass is 35.5. The second-order valence-electron chi connectivity index (χ2n) is 8.41. The van der Waals surface area contributed by atoms with E-state index in [2.05, 4.69) is 59.7 Å². The zero-order chi connectivity index (χ0) is 23.4. The van der Waals surface area contributed by atoms with Crippen LogP contribution in [0.3, 0.4) is 0 Å². The van der Waals surface area contributed by atoms with Crippen LogP contribution in [0, 0.1) is 6.92 Å². The fourth-order valence-corrected chi connectivity index (χ4v) is 4.74. The third-order valence-corrected chi connectivity index (χ3v) is 6.74. The SMILES string of the molecule is Cc1ccc(-c2[nH]c3ccccc3c2SCCNC(=O)C(C)(C)Oc2ccc(Cl)cc2)cc1. The number of fused-ring (bicyclic) bond motifs is 1. The number of benzene rings is 3. The van der Waals surface area contributed by atoms with Gasteiger partial charge in [0, 0.05) is 33.1 Å². The standard InChI is InChI=1S/C27H27ClN2O2S/c1-18-8-10-19(11-9-18)24-25(22-6-4-5-7-23(22)30-24)33-17-16-29-26(31)27(2,3)32-21-14-12-20(28)13-15-21/h4-15,30H,16-17H2,1-3H3,(H,29,31). The topological polar surface area (TPSA) is 54.1 Å². The Kier molecular flexibility index (Phi) is 7.01. The summed E-state index contributed by atoms with van der Waals surface area (Å²) in [6, 6.07) is 23.9. The highest BCUT2D eigenvalue weighted by Crippen LogP contribution is 2.37. The minimum atomic E-state index is -0.994. The fraction of sp³-hybridized carbons (Fsp3) is 0.222. The van der Waals surface area contributed by atoms with E-state index in [0.717, 1.165) is 22.5 Å². The van der Waals surface area contributed by atoms with Gasteiger partial charge in [-0.1, -0.05) is 59.6 Å². The first-order chi connectivity index (χ1) is 15.8. The number of carbonyl (C=O) groups is 1. The summed E-state index contributed by atoms with van der Waals surface area (Å²) in [7, 11) is 0. The van der Waals surface area contributed by atoms with Crippen LogP contribution in [0.25, 0.3) is 22.2 Å². The van der Waals surface area contributed by atoms with Gasteiger partial charge in [0.05, 0.1) is 5.69 Å². The van der Waals surface area contributed by atoms with Gasteiger partial charge < -0.3 is 15.0 Å². The van der Waals surface area contributed by atoms with Crippen LogP contribution in [0.1, 0.15) is 19.4 Å². The van der Waals surface area contributed by atoms with Crippen LogP contribution in [0.4, 0.5) is 0 Å². The van der Waals surface area contributed by atoms with Crippen molar-refractivity contribution in [1.82, 2.24) is 10.3 Å². The molecule has 0 bridgehead atoms. The van der Waals surface area contributed by atoms with E-state index >= 15 is 0 Å². The van der Waals surface area contributed by atoms with Crippen LogP contribution in [0.5, 0.6) is 5.75 Å². The number of aromatic amines is 1. The Morgan fingerprint density at radius 1 is 1.03 bits per heavy atom. The number of aryl methyl sites for hydroxylation is 1. The van der Waals surface area contributed by atoms with E-state index in [1.807, 2.05) is 6.07 Å². The minimum Gasteiger partial charge on any atom is -0.478 e. The van der Waals surface area contributed by atoms with Crippen LogP contribution in [0.2, 0.25) is 5.02 Å². The monoisotopic (exact) mass is 478 g/mol. The van der Waals surface area contributed by atoms with Gasteiger partial charge in [-0.05, 0) is 56.7 Å². The number of halogens is 1. The van der Waals surface area contributed by atoms with Gasteiger partial charge in [0.2, 0.25) is 0 Å². The molecule has 4 aromatic rings. The van der Waals surface area contributed by atoms with Crippen molar-refractivity contribution in [2.24, 2.45) is 0 Å². The Bertz CT molecular complexity index is 1250. The quantitative estimate of drug-likeness (QED) is 0.215. The molecule has 1 aromatic heterocycles. The average molecular weight is 479 g/mol. The van der Waals surface area contributed by atoms with Crippen molar-refractivity contribution in [3.8, 4) is 17.0 Å². The number of carbonyl (C=O) groups excluding carboxylic acids is 1. The summed E-state index contributed by atoms with van der Waals surface area (Å²) in [6.07, 6.45) is 0. The van der Waals surface area contributed by atoms with Crippen molar-refractivity contribution in [2.75, 3.05) is 12.3 Å². The van der Waals surface area contributed by atoms with E-state index < -0.39 is 5.60 Å². The molecule has 1 amide bonds. The molecular weight excluding hydrogens is 452 g/mol. The largest absolute Gasteiger partial charge is 0.478 e. The van der Waals surface area contributed by atoms with E-state index in [1.165, 1.54) is 15.8 Å². The molecule has 0 aliphatic carbocycles. The normalized spacial score (nSPS) is 11.5. The lowest BCUT2D eigenvalue weighted by atomic mass is 10.1. The fourth-order valence-electron chi connectivity index (χ4n) is 3.56. The molecule has 6 heteroatoms. The zero-order valence-electron chi connectivity index (χ0n) is 18.9. The highest BCUT2D eigenvalue weighted by Gasteiger charge is 2.29. The van der Waals surface area contributed by atoms with Crippen molar-refractivity contribution in [3.05, 3.63) is 83.4 Å². The Hall–Kier alpha value is -2.89. The van der Waals surface area contributed by atoms with Crippen LogP contribution in [-0.4, -0.2) is 28.8 Å². The van der Waals surface area contributed by atoms with Crippen molar-refractivity contribution in [1.29, 1.82) is 0 Å². The van der Waals surface area contributed by atoms with Crippen molar-refractivity contribution in [2.45, 2.75) is 31.3 Å². The molecule has 1 heterocycles. The van der Waals surface area contributed by atoms with Gasteiger partial charge in [0.1, 0.15) is 5.75 Å². The van der Waals surface area contributed by atoms with Crippen molar-refractivity contribution >= 4 is 40.2 Å². The Morgan fingerprint density at radius 3 is 2.45 bits per heavy atom. The van der Waals surface area contributed by atoms with Gasteiger partial charge in [-0.3, -0.25) is 4.79 Å². The first-order valence-corrected chi connectivity index (χ1v) is 12.2. The number of aromatic nitrogens is 1. The van der Waals surface area contributed by atoms with E-state index in [1.54, 1.807) is 49.9 Å². The summed E-state index contributed by atoms with van der Waals surface area (Å²) in [4.78, 5) is 17.5. The first kappa shape index (κ1) is 23.3. The molecule has 0 aliphatic rings. The Labute approximate surface area is 203 Å². The zero-order valence-corrected chi connectivity index (χ0v) is 20.5. The molecule has 0 saturated heterocycles. The number of hydrogen-bond donors (Lipinski definition) is 2. The van der Waals surface area contributed by atoms with Crippen LogP contribution >= 0.6 is 23.4 Å². The lowest BCUT2D eigenvalue weighted by molar-refractivity contribution is -0.134. The number of ether oxygens (including phenoxy) is 1. The van der Waals surface area contributed by atoms with Gasteiger partial charge in [0.25, 0.3) is 5.91 Å². The molecule has 0 aliphatic heterocycles. The van der Waals surface area contributed by atoms with E-state index in [4.69, 9.17) is 16.3 Å². The number of rotatable bonds is 8. The summed E-state index contributed by atoms with van der Waals surface area (Å²) in [6.45, 7) is 6.15. The number of hydrogen-bond acceptors (Lipinski definition) is 3. The Morgan fingerprint density at radius 2 is 1.73 bits per heavy atom. The predicted molar refractivity (Wildman–Crippen MR) is 138 cm³/mol. The molecule has 0 unspecified atom stereocenters. The van der Waals surface area contributed by atoms with Gasteiger partial charge in [-0.2, -0.15) is 0 Å². The summed E-state index contributed by atoms with van der Waals surface area (Å²) in [5.74, 6) is 1.19. The number of thioether (sulfide) groups is 1. The maximum Gasteiger partial charge on any atom is 0.263 e. The highest BCUT2D eigenvalue weighted by molar-refractivity contribution is 7.99. The maximum atomic E-state index is 12.8. The van der Waals surface area contributed by atoms with Crippen molar-refractivity contribution < 1.29 is 9.53 Å². The first-order valence-electron chi connectivity index (χ1n) is 10.9. The smallest absolute Gasteiger partial charge is 0.263 e. The second-order valence-corrected chi connectivity index (χ2v) is 9.95. The van der Waals surface area contributed by atoms with E-state index in [-0.39, 0.29) is 5.91 Å². The van der Waals surface area contributed by atoms with E-state index in [0.29, 0.717) is 17.3 Å². The van der Waals surface area contributed by atoms with Gasteiger partial charge in [0.15, 0.2) is 5.60 Å². The molecule has 0 atom stereocenters. The Balaban J connectivity index is 1.41. The number of H-pyrrole nitrogens is 1. The van der Waals surface area contributed by atoms with Crippen LogP contribution < -0.4 is 10.1 Å². The lowest BCUT2D eigenvalue weighted by Gasteiger charge is -2.25. The van der Waals surface area contributed by atoms with Crippen LogP contribution in [-0.2, 0) is 4.79 Å². The summed E-state index contributed by atoms with van der Waals surface area (Å²) in [5.41, 5.74) is 3.61. The molecule has 2 N–H and O–H groups in total. The molecule has 0 spiro atoms. The molecule has 3 aromatic carbocycles. The second kappa shape index (κ2) is 9.94. The third-order valence-electron chi connectivity index (χ3n) is 5.37. The molecule has 0 saturated carbocycles. The van der Waals surface area contributed by atoms with Gasteiger partial charge in [-0.15, -0.1) is 11.8 Å². The third kappa shape index (κ3) is 5.55. The average Bonchev–Trinajstić information content (AvgIpc) is 3.17. The summed E-state index contributed by atoms with van der Waals surface area (Å²) in [5, 5.41) is 4.83. The molecular formula is C27H27ClN2O2S.